The van der Waals surface area contributed by atoms with Gasteiger partial charge in [0.15, 0.2) is 5.78 Å². The predicted octanol–water partition coefficient (Wildman–Crippen LogP) is 1.60. The summed E-state index contributed by atoms with van der Waals surface area (Å²) in [6.07, 6.45) is 5.36. The first kappa shape index (κ1) is 15.9. The van der Waals surface area contributed by atoms with Gasteiger partial charge >= 0.3 is 0 Å². The van der Waals surface area contributed by atoms with Gasteiger partial charge in [-0.05, 0) is 30.3 Å². The van der Waals surface area contributed by atoms with Crippen LogP contribution in [0.3, 0.4) is 0 Å². The minimum absolute atomic E-state index is 0.104. The zero-order chi connectivity index (χ0) is 17.1. The smallest absolute Gasteiger partial charge is 0.266 e. The van der Waals surface area contributed by atoms with Gasteiger partial charge in [-0.25, -0.2) is 8.78 Å². The van der Waals surface area contributed by atoms with E-state index in [0.29, 0.717) is 10.2 Å². The highest BCUT2D eigenvalue weighted by Gasteiger charge is 2.07. The number of nitrogens with one attached hydrogen (secondary N) is 1. The number of H-pyrrole nitrogens is 1. The first-order valence-electron chi connectivity index (χ1n) is 6.85. The number of pyridine rings is 1. The van der Waals surface area contributed by atoms with Gasteiger partial charge in [0.05, 0.1) is 9.20 Å². The van der Waals surface area contributed by atoms with Gasteiger partial charge in [0.2, 0.25) is 0 Å². The minimum Gasteiger partial charge on any atom is -0.313 e. The molecule has 24 heavy (non-hydrogen) atoms. The molecule has 0 atom stereocenters. The van der Waals surface area contributed by atoms with Crippen LogP contribution in [0.1, 0.15) is 15.9 Å². The second-order valence-electron chi connectivity index (χ2n) is 4.81. The largest absolute Gasteiger partial charge is 0.313 e. The van der Waals surface area contributed by atoms with Crippen molar-refractivity contribution in [3.05, 3.63) is 85.0 Å². The van der Waals surface area contributed by atoms with Crippen LogP contribution in [-0.2, 0) is 0 Å². The molecule has 3 aromatic rings. The summed E-state index contributed by atoms with van der Waals surface area (Å²) in [6.45, 7) is 0. The van der Waals surface area contributed by atoms with E-state index in [9.17, 15) is 18.4 Å². The monoisotopic (exact) mass is 344 g/mol. The van der Waals surface area contributed by atoms with Crippen LogP contribution in [0.15, 0.2) is 47.5 Å². The van der Waals surface area contributed by atoms with E-state index in [4.69, 9.17) is 0 Å². The molecular weight excluding hydrogens is 334 g/mol. The molecule has 7 heteroatoms. The number of rotatable bonds is 3. The topological polar surface area (TPSA) is 62.8 Å². The lowest BCUT2D eigenvalue weighted by atomic mass is 10.2. The number of Topliss-reactive ketones (excluding diaryl/α,β-unsaturated/α-hetero) is 1. The van der Waals surface area contributed by atoms with E-state index in [2.05, 4.69) is 9.97 Å². The number of carbonyl (C=O) groups excluding carboxylic acids is 1. The molecule has 0 radical (unpaired) electrons. The van der Waals surface area contributed by atoms with Crippen molar-refractivity contribution in [2.75, 3.05) is 0 Å². The summed E-state index contributed by atoms with van der Waals surface area (Å²) >= 11 is 0.946. The van der Waals surface area contributed by atoms with Crippen molar-refractivity contribution < 1.29 is 13.6 Å². The third-order valence-electron chi connectivity index (χ3n) is 3.18. The van der Waals surface area contributed by atoms with Crippen molar-refractivity contribution in [1.29, 1.82) is 0 Å². The maximum atomic E-state index is 13.7. The number of hydrogen-bond acceptors (Lipinski definition) is 4. The van der Waals surface area contributed by atoms with Crippen LogP contribution in [0.4, 0.5) is 8.78 Å². The maximum Gasteiger partial charge on any atom is 0.266 e. The molecule has 0 aliphatic heterocycles. The van der Waals surface area contributed by atoms with Gasteiger partial charge in [0.1, 0.15) is 11.6 Å². The number of ketones is 1. The van der Waals surface area contributed by atoms with E-state index in [-0.39, 0.29) is 15.9 Å². The minimum atomic E-state index is -0.763. The summed E-state index contributed by atoms with van der Waals surface area (Å²) in [5.41, 5.74) is -0.391. The van der Waals surface area contributed by atoms with Crippen molar-refractivity contribution in [2.45, 2.75) is 0 Å². The van der Waals surface area contributed by atoms with Crippen molar-refractivity contribution in [2.24, 2.45) is 0 Å². The van der Waals surface area contributed by atoms with Crippen LogP contribution < -0.4 is 14.8 Å². The van der Waals surface area contributed by atoms with E-state index in [1.165, 1.54) is 24.5 Å². The van der Waals surface area contributed by atoms with Crippen LogP contribution in [0.5, 0.6) is 0 Å². The Kier molecular flexibility index (Phi) is 4.43. The van der Waals surface area contributed by atoms with Gasteiger partial charge < -0.3 is 4.98 Å². The SMILES string of the molecule is O=C(C=c1[nH]c(=O)c(=Cc2c(F)cccc2F)s1)c1ccncc1. The molecular formula is C17H10F2N2O2S. The normalized spacial score (nSPS) is 12.6. The van der Waals surface area contributed by atoms with Crippen molar-refractivity contribution >= 4 is 29.3 Å². The standard InChI is InChI=1S/C17H10F2N2O2S/c18-12-2-1-3-13(19)11(12)8-15-17(23)21-16(24-15)9-14(22)10-4-6-20-7-5-10/h1-9H,(H,21,23). The van der Waals surface area contributed by atoms with Gasteiger partial charge in [-0.1, -0.05) is 6.07 Å². The second-order valence-corrected chi connectivity index (χ2v) is 5.89. The van der Waals surface area contributed by atoms with Crippen molar-refractivity contribution in [3.63, 3.8) is 0 Å². The lowest BCUT2D eigenvalue weighted by molar-refractivity contribution is 0.106. The quantitative estimate of drug-likeness (QED) is 0.734. The lowest BCUT2D eigenvalue weighted by Crippen LogP contribution is -2.20. The van der Waals surface area contributed by atoms with Gasteiger partial charge in [-0.3, -0.25) is 14.6 Å². The molecule has 4 nitrogen and oxygen atoms in total. The average molecular weight is 344 g/mol. The first-order valence-corrected chi connectivity index (χ1v) is 7.67. The number of nitrogens with zero attached hydrogens (tertiary/aromatic N) is 1. The zero-order valence-corrected chi connectivity index (χ0v) is 12.9. The fraction of sp³-hybridized carbons (Fsp3) is 0. The highest BCUT2D eigenvalue weighted by Crippen LogP contribution is 2.12. The molecule has 0 bridgehead atoms. The Morgan fingerprint density at radius 3 is 2.46 bits per heavy atom. The third-order valence-corrected chi connectivity index (χ3v) is 4.15. The van der Waals surface area contributed by atoms with Crippen LogP contribution in [0, 0.1) is 11.6 Å². The number of hydrogen-bond donors (Lipinski definition) is 1. The van der Waals surface area contributed by atoms with Crippen LogP contribution in [0.25, 0.3) is 12.2 Å². The molecule has 0 amide bonds. The summed E-state index contributed by atoms with van der Waals surface area (Å²) in [5, 5.41) is 0. The van der Waals surface area contributed by atoms with E-state index in [0.717, 1.165) is 29.5 Å². The molecule has 0 spiro atoms. The molecule has 0 saturated carbocycles. The fourth-order valence-corrected chi connectivity index (χ4v) is 2.89. The van der Waals surface area contributed by atoms with Gasteiger partial charge in [-0.15, -0.1) is 11.3 Å². The van der Waals surface area contributed by atoms with E-state index in [1.807, 2.05) is 0 Å². The number of carbonyl (C=O) groups is 1. The molecule has 0 aliphatic carbocycles. The summed E-state index contributed by atoms with van der Waals surface area (Å²) in [5.74, 6) is -1.83. The van der Waals surface area contributed by atoms with Crippen LogP contribution >= 0.6 is 11.3 Å². The highest BCUT2D eigenvalue weighted by molar-refractivity contribution is 7.07. The Hall–Kier alpha value is -2.93. The van der Waals surface area contributed by atoms with Gasteiger partial charge in [0.25, 0.3) is 5.56 Å². The van der Waals surface area contributed by atoms with Crippen LogP contribution in [-0.4, -0.2) is 15.8 Å². The van der Waals surface area contributed by atoms with Crippen molar-refractivity contribution in [1.82, 2.24) is 9.97 Å². The molecule has 0 saturated heterocycles. The molecule has 2 aromatic heterocycles. The first-order chi connectivity index (χ1) is 11.5. The average Bonchev–Trinajstić information content (AvgIpc) is 2.91. The molecule has 120 valence electrons. The zero-order valence-electron chi connectivity index (χ0n) is 12.1. The fourth-order valence-electron chi connectivity index (χ4n) is 2.02. The van der Waals surface area contributed by atoms with Crippen LogP contribution in [0.2, 0.25) is 0 Å². The molecule has 1 N–H and O–H groups in total. The lowest BCUT2D eigenvalue weighted by Gasteiger charge is -1.96. The Labute approximate surface area is 138 Å². The Morgan fingerprint density at radius 1 is 1.12 bits per heavy atom. The van der Waals surface area contributed by atoms with Gasteiger partial charge in [-0.2, -0.15) is 0 Å². The summed E-state index contributed by atoms with van der Waals surface area (Å²) in [6, 6.07) is 6.55. The second kappa shape index (κ2) is 6.67. The summed E-state index contributed by atoms with van der Waals surface area (Å²) in [4.78, 5) is 30.3. The molecule has 0 fully saturated rings. The number of aromatic amines is 1. The molecule has 1 aromatic carbocycles. The number of halogens is 2. The molecule has 3 rings (SSSR count). The molecule has 0 aliphatic rings. The number of aromatic nitrogens is 2. The van der Waals surface area contributed by atoms with Gasteiger partial charge in [0, 0.05) is 29.6 Å². The number of benzene rings is 1. The summed E-state index contributed by atoms with van der Waals surface area (Å²) < 4.78 is 27.7. The molecule has 0 unspecified atom stereocenters. The summed E-state index contributed by atoms with van der Waals surface area (Å²) in [7, 11) is 0. The van der Waals surface area contributed by atoms with E-state index >= 15 is 0 Å². The number of thiazole rings is 1. The third kappa shape index (κ3) is 3.36. The highest BCUT2D eigenvalue weighted by atomic mass is 32.1. The molecule has 2 heterocycles. The van der Waals surface area contributed by atoms with E-state index in [1.54, 1.807) is 12.1 Å². The maximum absolute atomic E-state index is 13.7. The van der Waals surface area contributed by atoms with Crippen molar-refractivity contribution in [3.8, 4) is 0 Å². The predicted molar refractivity (Wildman–Crippen MR) is 87.1 cm³/mol. The Morgan fingerprint density at radius 2 is 1.79 bits per heavy atom. The Balaban J connectivity index is 2.06. The Bertz CT molecular complexity index is 1050. The van der Waals surface area contributed by atoms with E-state index < -0.39 is 17.2 Å².